The second-order valence-electron chi connectivity index (χ2n) is 5.71. The Morgan fingerprint density at radius 1 is 1.42 bits per heavy atom. The van der Waals surface area contributed by atoms with Gasteiger partial charge < -0.3 is 4.74 Å². The second kappa shape index (κ2) is 5.88. The average molecular weight is 298 g/mol. The number of carbonyl (C=O) groups excluding carboxylic acids is 1. The van der Waals surface area contributed by atoms with E-state index in [1.54, 1.807) is 11.3 Å². The molecule has 0 radical (unpaired) electrons. The number of rotatable bonds is 4. The molecule has 1 aliphatic rings. The molecule has 106 valence electrons. The summed E-state index contributed by atoms with van der Waals surface area (Å²) in [4.78, 5) is 13.6. The van der Waals surface area contributed by atoms with Crippen LogP contribution < -0.4 is 0 Å². The summed E-state index contributed by atoms with van der Waals surface area (Å²) >= 11 is 3.65. The van der Waals surface area contributed by atoms with E-state index in [2.05, 4.69) is 11.4 Å². The average Bonchev–Trinajstić information content (AvgIpc) is 2.94. The lowest BCUT2D eigenvalue weighted by Crippen LogP contribution is -2.39. The third-order valence-electron chi connectivity index (χ3n) is 4.00. The highest BCUT2D eigenvalue weighted by molar-refractivity contribution is 7.99. The van der Waals surface area contributed by atoms with Crippen molar-refractivity contribution in [3.8, 4) is 0 Å². The molecule has 1 saturated heterocycles. The van der Waals surface area contributed by atoms with Gasteiger partial charge in [0.2, 0.25) is 0 Å². The zero-order chi connectivity index (χ0) is 13.9. The van der Waals surface area contributed by atoms with E-state index in [-0.39, 0.29) is 11.6 Å². The van der Waals surface area contributed by atoms with Gasteiger partial charge in [-0.15, -0.1) is 11.3 Å². The molecular formula is C15H22O2S2. The Morgan fingerprint density at radius 3 is 2.63 bits per heavy atom. The van der Waals surface area contributed by atoms with Gasteiger partial charge in [0.15, 0.2) is 0 Å². The molecule has 1 aromatic rings. The molecule has 0 amide bonds. The lowest BCUT2D eigenvalue weighted by atomic mass is 9.89. The van der Waals surface area contributed by atoms with Crippen LogP contribution in [0.4, 0.5) is 0 Å². The number of hydrogen-bond donors (Lipinski definition) is 0. The summed E-state index contributed by atoms with van der Waals surface area (Å²) in [6, 6.07) is 4.15. The predicted molar refractivity (Wildman–Crippen MR) is 82.7 cm³/mol. The molecule has 2 rings (SSSR count). The zero-order valence-corrected chi connectivity index (χ0v) is 13.5. The SMILES string of the molecule is CCC(C)(C)C(=O)OC1(c2cccs2)CCSCC1. The Labute approximate surface area is 123 Å². The maximum absolute atomic E-state index is 12.4. The van der Waals surface area contributed by atoms with E-state index in [4.69, 9.17) is 4.74 Å². The molecule has 19 heavy (non-hydrogen) atoms. The Balaban J connectivity index is 2.22. The van der Waals surface area contributed by atoms with Crippen LogP contribution in [0.5, 0.6) is 0 Å². The molecule has 4 heteroatoms. The Kier molecular flexibility index (Phi) is 4.62. The highest BCUT2D eigenvalue weighted by atomic mass is 32.2. The fourth-order valence-electron chi connectivity index (χ4n) is 2.10. The maximum atomic E-state index is 12.4. The van der Waals surface area contributed by atoms with Crippen LogP contribution >= 0.6 is 23.1 Å². The molecule has 2 heterocycles. The van der Waals surface area contributed by atoms with Crippen molar-refractivity contribution in [1.29, 1.82) is 0 Å². The van der Waals surface area contributed by atoms with Gasteiger partial charge in [0, 0.05) is 17.7 Å². The van der Waals surface area contributed by atoms with Crippen molar-refractivity contribution in [1.82, 2.24) is 0 Å². The largest absolute Gasteiger partial charge is 0.453 e. The number of esters is 1. The molecule has 0 unspecified atom stereocenters. The van der Waals surface area contributed by atoms with E-state index >= 15 is 0 Å². The van der Waals surface area contributed by atoms with Crippen molar-refractivity contribution in [3.05, 3.63) is 22.4 Å². The normalized spacial score (nSPS) is 19.1. The molecule has 0 saturated carbocycles. The van der Waals surface area contributed by atoms with Crippen LogP contribution in [0.2, 0.25) is 0 Å². The van der Waals surface area contributed by atoms with Crippen molar-refractivity contribution in [3.63, 3.8) is 0 Å². The van der Waals surface area contributed by atoms with E-state index in [9.17, 15) is 4.79 Å². The molecule has 0 spiro atoms. The molecule has 0 aromatic carbocycles. The number of thioether (sulfide) groups is 1. The third-order valence-corrected chi connectivity index (χ3v) is 6.04. The first-order valence-electron chi connectivity index (χ1n) is 6.85. The van der Waals surface area contributed by atoms with Crippen LogP contribution in [0.15, 0.2) is 17.5 Å². The number of carbonyl (C=O) groups is 1. The van der Waals surface area contributed by atoms with Gasteiger partial charge in [0.05, 0.1) is 5.41 Å². The molecule has 0 atom stereocenters. The minimum atomic E-state index is -0.394. The summed E-state index contributed by atoms with van der Waals surface area (Å²) < 4.78 is 6.04. The van der Waals surface area contributed by atoms with Gasteiger partial charge in [0.1, 0.15) is 5.60 Å². The fraction of sp³-hybridized carbons (Fsp3) is 0.667. The number of thiophene rings is 1. The summed E-state index contributed by atoms with van der Waals surface area (Å²) in [5, 5.41) is 2.07. The van der Waals surface area contributed by atoms with Crippen LogP contribution in [-0.4, -0.2) is 17.5 Å². The molecule has 2 nitrogen and oxygen atoms in total. The Hall–Kier alpha value is -0.480. The van der Waals surface area contributed by atoms with Crippen LogP contribution in [0.1, 0.15) is 44.9 Å². The molecule has 1 fully saturated rings. The van der Waals surface area contributed by atoms with Gasteiger partial charge >= 0.3 is 5.97 Å². The van der Waals surface area contributed by atoms with E-state index in [1.807, 2.05) is 38.6 Å². The molecule has 1 aromatic heterocycles. The second-order valence-corrected chi connectivity index (χ2v) is 7.88. The predicted octanol–water partition coefficient (Wildman–Crippen LogP) is 4.45. The third kappa shape index (κ3) is 3.16. The van der Waals surface area contributed by atoms with Gasteiger partial charge in [-0.3, -0.25) is 4.79 Å². The first kappa shape index (κ1) is 14.9. The molecule has 0 N–H and O–H groups in total. The summed E-state index contributed by atoms with van der Waals surface area (Å²) in [6.45, 7) is 5.97. The van der Waals surface area contributed by atoms with E-state index in [0.717, 1.165) is 30.8 Å². The lowest BCUT2D eigenvalue weighted by molar-refractivity contribution is -0.173. The maximum Gasteiger partial charge on any atom is 0.312 e. The molecule has 0 bridgehead atoms. The quantitative estimate of drug-likeness (QED) is 0.768. The minimum absolute atomic E-state index is 0.0599. The Morgan fingerprint density at radius 2 is 2.11 bits per heavy atom. The number of hydrogen-bond acceptors (Lipinski definition) is 4. The summed E-state index contributed by atoms with van der Waals surface area (Å²) in [5.41, 5.74) is -0.766. The van der Waals surface area contributed by atoms with E-state index < -0.39 is 5.41 Å². The van der Waals surface area contributed by atoms with Gasteiger partial charge in [-0.1, -0.05) is 13.0 Å². The molecule has 1 aliphatic heterocycles. The standard InChI is InChI=1S/C15H22O2S2/c1-4-14(2,3)13(16)17-15(7-10-18-11-8-15)12-6-5-9-19-12/h5-6,9H,4,7-8,10-11H2,1-3H3. The number of ether oxygens (including phenoxy) is 1. The van der Waals surface area contributed by atoms with Crippen molar-refractivity contribution in [2.75, 3.05) is 11.5 Å². The first-order valence-corrected chi connectivity index (χ1v) is 8.89. The highest BCUT2D eigenvalue weighted by Gasteiger charge is 2.42. The van der Waals surface area contributed by atoms with Crippen molar-refractivity contribution >= 4 is 29.1 Å². The zero-order valence-electron chi connectivity index (χ0n) is 11.9. The fourth-order valence-corrected chi connectivity index (χ4v) is 4.17. The van der Waals surface area contributed by atoms with E-state index in [0.29, 0.717) is 0 Å². The van der Waals surface area contributed by atoms with Crippen molar-refractivity contribution < 1.29 is 9.53 Å². The molecular weight excluding hydrogens is 276 g/mol. The van der Waals surface area contributed by atoms with Crippen LogP contribution in [0, 0.1) is 5.41 Å². The molecule has 0 aliphatic carbocycles. The van der Waals surface area contributed by atoms with Crippen LogP contribution in [-0.2, 0) is 15.1 Å². The van der Waals surface area contributed by atoms with Crippen LogP contribution in [0.25, 0.3) is 0 Å². The summed E-state index contributed by atoms with van der Waals surface area (Å²) in [7, 11) is 0. The summed E-state index contributed by atoms with van der Waals surface area (Å²) in [5.74, 6) is 2.07. The van der Waals surface area contributed by atoms with Gasteiger partial charge in [-0.25, -0.2) is 0 Å². The highest BCUT2D eigenvalue weighted by Crippen LogP contribution is 2.43. The van der Waals surface area contributed by atoms with Gasteiger partial charge in [-0.05, 0) is 43.2 Å². The van der Waals surface area contributed by atoms with E-state index in [1.165, 1.54) is 4.88 Å². The Bertz CT molecular complexity index is 417. The van der Waals surface area contributed by atoms with Gasteiger partial charge in [0.25, 0.3) is 0 Å². The van der Waals surface area contributed by atoms with Crippen molar-refractivity contribution in [2.24, 2.45) is 5.41 Å². The van der Waals surface area contributed by atoms with Gasteiger partial charge in [-0.2, -0.15) is 11.8 Å². The summed E-state index contributed by atoms with van der Waals surface area (Å²) in [6.07, 6.45) is 2.68. The minimum Gasteiger partial charge on any atom is -0.453 e. The topological polar surface area (TPSA) is 26.3 Å². The monoisotopic (exact) mass is 298 g/mol. The van der Waals surface area contributed by atoms with Crippen molar-refractivity contribution in [2.45, 2.75) is 45.6 Å². The smallest absolute Gasteiger partial charge is 0.312 e. The first-order chi connectivity index (χ1) is 9.00. The lowest BCUT2D eigenvalue weighted by Gasteiger charge is -2.38. The van der Waals surface area contributed by atoms with Crippen LogP contribution in [0.3, 0.4) is 0 Å².